The van der Waals surface area contributed by atoms with Crippen LogP contribution in [0, 0.1) is 5.92 Å². The second kappa shape index (κ2) is 4.77. The molecule has 6 nitrogen and oxygen atoms in total. The van der Waals surface area contributed by atoms with Gasteiger partial charge in [0, 0.05) is 0 Å². The van der Waals surface area contributed by atoms with Crippen molar-refractivity contribution in [2.45, 2.75) is 50.3 Å². The smallest absolute Gasteiger partial charge is 0.190 e. The summed E-state index contributed by atoms with van der Waals surface area (Å²) in [5.41, 5.74) is 2.01. The van der Waals surface area contributed by atoms with E-state index in [0.717, 1.165) is 11.3 Å². The Labute approximate surface area is 134 Å². The van der Waals surface area contributed by atoms with Crippen LogP contribution in [0.15, 0.2) is 35.5 Å². The van der Waals surface area contributed by atoms with Crippen molar-refractivity contribution >= 4 is 5.71 Å². The van der Waals surface area contributed by atoms with Gasteiger partial charge in [-0.05, 0) is 19.4 Å². The molecular formula is C17H19NO5. The number of rotatable bonds is 1. The summed E-state index contributed by atoms with van der Waals surface area (Å²) in [5, 5.41) is 4.32. The Kier molecular flexibility index (Phi) is 2.89. The first-order chi connectivity index (χ1) is 11.1. The highest BCUT2D eigenvalue weighted by molar-refractivity contribution is 5.93. The highest BCUT2D eigenvalue weighted by atomic mass is 16.8. The molecule has 0 saturated carbocycles. The monoisotopic (exact) mass is 317 g/mol. The Morgan fingerprint density at radius 3 is 2.70 bits per heavy atom. The van der Waals surface area contributed by atoms with E-state index in [9.17, 15) is 0 Å². The summed E-state index contributed by atoms with van der Waals surface area (Å²) in [4.78, 5) is 5.70. The van der Waals surface area contributed by atoms with Gasteiger partial charge in [0.25, 0.3) is 0 Å². The van der Waals surface area contributed by atoms with Gasteiger partial charge < -0.3 is 23.8 Å². The van der Waals surface area contributed by atoms with Gasteiger partial charge in [-0.2, -0.15) is 0 Å². The first kappa shape index (κ1) is 13.9. The first-order valence-corrected chi connectivity index (χ1v) is 8.04. The quantitative estimate of drug-likeness (QED) is 0.793. The molecule has 4 heterocycles. The van der Waals surface area contributed by atoms with Crippen LogP contribution in [0.3, 0.4) is 0 Å². The molecule has 3 fully saturated rings. The standard InChI is InChI=1S/C17H19NO5/c1-17(2)21-15-14-13(20-16(15)22-17)11-10(8-19-14)12(23-18-11)9-6-4-3-5-7-9/h3-7,10,12-16H,8H2,1-2H3/t10-,12+,13+,14-,15+,16+/m0/s1. The van der Waals surface area contributed by atoms with Gasteiger partial charge in [0.2, 0.25) is 0 Å². The molecule has 0 unspecified atom stereocenters. The van der Waals surface area contributed by atoms with Crippen molar-refractivity contribution in [2.24, 2.45) is 11.1 Å². The van der Waals surface area contributed by atoms with E-state index in [-0.39, 0.29) is 30.3 Å². The first-order valence-electron chi connectivity index (χ1n) is 8.04. The summed E-state index contributed by atoms with van der Waals surface area (Å²) >= 11 is 0. The Bertz CT molecular complexity index is 646. The number of hydrogen-bond donors (Lipinski definition) is 0. The van der Waals surface area contributed by atoms with Crippen LogP contribution in [0.25, 0.3) is 0 Å². The average Bonchev–Trinajstić information content (AvgIpc) is 3.17. The van der Waals surface area contributed by atoms with E-state index in [1.807, 2.05) is 44.2 Å². The molecular weight excluding hydrogens is 298 g/mol. The number of ether oxygens (including phenoxy) is 4. The molecule has 0 aromatic heterocycles. The van der Waals surface area contributed by atoms with Crippen LogP contribution in [0.2, 0.25) is 0 Å². The number of fused-ring (bicyclic) bond motifs is 5. The van der Waals surface area contributed by atoms with Crippen LogP contribution >= 0.6 is 0 Å². The molecule has 4 aliphatic rings. The molecule has 3 saturated heterocycles. The lowest BCUT2D eigenvalue weighted by molar-refractivity contribution is -0.213. The summed E-state index contributed by atoms with van der Waals surface area (Å²) < 4.78 is 23.9. The summed E-state index contributed by atoms with van der Waals surface area (Å²) in [6.07, 6.45) is -1.18. The second-order valence-corrected chi connectivity index (χ2v) is 6.88. The van der Waals surface area contributed by atoms with Crippen molar-refractivity contribution < 1.29 is 23.8 Å². The Morgan fingerprint density at radius 2 is 1.87 bits per heavy atom. The molecule has 0 radical (unpaired) electrons. The number of nitrogens with zero attached hydrogens (tertiary/aromatic N) is 1. The van der Waals surface area contributed by atoms with Gasteiger partial charge in [-0.25, -0.2) is 0 Å². The van der Waals surface area contributed by atoms with Crippen molar-refractivity contribution in [3.63, 3.8) is 0 Å². The van der Waals surface area contributed by atoms with Crippen molar-refractivity contribution in [3.8, 4) is 0 Å². The fraction of sp³-hybridized carbons (Fsp3) is 0.588. The number of oxime groups is 1. The zero-order valence-electron chi connectivity index (χ0n) is 13.0. The minimum absolute atomic E-state index is 0.0745. The maximum atomic E-state index is 6.08. The van der Waals surface area contributed by atoms with Crippen molar-refractivity contribution in [1.29, 1.82) is 0 Å². The lowest BCUT2D eigenvalue weighted by atomic mass is 9.86. The van der Waals surface area contributed by atoms with Gasteiger partial charge in [0.15, 0.2) is 18.2 Å². The van der Waals surface area contributed by atoms with Crippen molar-refractivity contribution in [3.05, 3.63) is 35.9 Å². The molecule has 23 heavy (non-hydrogen) atoms. The van der Waals surface area contributed by atoms with Crippen molar-refractivity contribution in [1.82, 2.24) is 0 Å². The van der Waals surface area contributed by atoms with E-state index >= 15 is 0 Å². The van der Waals surface area contributed by atoms with E-state index in [4.69, 9.17) is 23.8 Å². The van der Waals surface area contributed by atoms with Crippen LogP contribution in [0.1, 0.15) is 25.5 Å². The molecule has 5 rings (SSSR count). The van der Waals surface area contributed by atoms with E-state index in [0.29, 0.717) is 6.61 Å². The summed E-state index contributed by atoms with van der Waals surface area (Å²) in [5.74, 6) is -0.563. The second-order valence-electron chi connectivity index (χ2n) is 6.88. The molecule has 0 amide bonds. The third-order valence-electron chi connectivity index (χ3n) is 4.90. The minimum atomic E-state index is -0.638. The van der Waals surface area contributed by atoms with Crippen LogP contribution in [0.5, 0.6) is 0 Å². The zero-order valence-corrected chi connectivity index (χ0v) is 13.0. The van der Waals surface area contributed by atoms with Gasteiger partial charge in [-0.15, -0.1) is 0 Å². The Morgan fingerprint density at radius 1 is 1.04 bits per heavy atom. The Balaban J connectivity index is 1.39. The van der Waals surface area contributed by atoms with E-state index in [1.54, 1.807) is 0 Å². The van der Waals surface area contributed by atoms with E-state index < -0.39 is 12.1 Å². The molecule has 4 aliphatic heterocycles. The minimum Gasteiger partial charge on any atom is -0.387 e. The maximum Gasteiger partial charge on any atom is 0.190 e. The van der Waals surface area contributed by atoms with E-state index in [2.05, 4.69) is 5.16 Å². The molecule has 0 aliphatic carbocycles. The van der Waals surface area contributed by atoms with Crippen LogP contribution in [-0.4, -0.2) is 42.7 Å². The third kappa shape index (κ3) is 2.06. The van der Waals surface area contributed by atoms with Crippen LogP contribution in [-0.2, 0) is 23.8 Å². The highest BCUT2D eigenvalue weighted by Crippen LogP contribution is 2.45. The van der Waals surface area contributed by atoms with E-state index in [1.165, 1.54) is 0 Å². The molecule has 0 N–H and O–H groups in total. The average molecular weight is 317 g/mol. The fourth-order valence-corrected chi connectivity index (χ4v) is 3.90. The fourth-order valence-electron chi connectivity index (χ4n) is 3.90. The predicted molar refractivity (Wildman–Crippen MR) is 79.6 cm³/mol. The molecule has 6 atom stereocenters. The number of hydrogen-bond acceptors (Lipinski definition) is 6. The molecule has 0 bridgehead atoms. The Hall–Kier alpha value is -1.47. The topological polar surface area (TPSA) is 58.5 Å². The highest BCUT2D eigenvalue weighted by Gasteiger charge is 2.61. The molecule has 1 aromatic carbocycles. The normalized spacial score (nSPS) is 43.3. The number of benzene rings is 1. The summed E-state index contributed by atoms with van der Waals surface area (Å²) in [6.45, 7) is 4.32. The van der Waals surface area contributed by atoms with Gasteiger partial charge >= 0.3 is 0 Å². The summed E-state index contributed by atoms with van der Waals surface area (Å²) in [7, 11) is 0. The largest absolute Gasteiger partial charge is 0.387 e. The molecule has 1 aromatic rings. The SMILES string of the molecule is CC1(C)O[C@H]2O[C@@H]3C4=NO[C@H](c5ccccc5)[C@H]4CO[C@@H]3[C@H]2O1. The van der Waals surface area contributed by atoms with Gasteiger partial charge in [-0.1, -0.05) is 35.5 Å². The molecule has 6 heteroatoms. The lowest BCUT2D eigenvalue weighted by Crippen LogP contribution is -2.49. The van der Waals surface area contributed by atoms with Crippen LogP contribution in [0.4, 0.5) is 0 Å². The molecule has 122 valence electrons. The third-order valence-corrected chi connectivity index (χ3v) is 4.90. The zero-order chi connectivity index (χ0) is 15.6. The lowest BCUT2D eigenvalue weighted by Gasteiger charge is -2.33. The van der Waals surface area contributed by atoms with Gasteiger partial charge in [-0.3, -0.25) is 0 Å². The predicted octanol–water partition coefficient (Wildman–Crippen LogP) is 2.01. The maximum absolute atomic E-state index is 6.08. The van der Waals surface area contributed by atoms with Crippen molar-refractivity contribution in [2.75, 3.05) is 6.61 Å². The molecule has 0 spiro atoms. The van der Waals surface area contributed by atoms with Gasteiger partial charge in [0.1, 0.15) is 18.3 Å². The summed E-state index contributed by atoms with van der Waals surface area (Å²) in [6, 6.07) is 10.1. The van der Waals surface area contributed by atoms with Crippen LogP contribution < -0.4 is 0 Å². The van der Waals surface area contributed by atoms with Gasteiger partial charge in [0.05, 0.1) is 18.2 Å².